The largest absolute Gasteiger partial charge is 0.508 e. The van der Waals surface area contributed by atoms with Crippen LogP contribution in [0.5, 0.6) is 5.75 Å². The molecule has 3 heterocycles. The van der Waals surface area contributed by atoms with E-state index in [2.05, 4.69) is 27.8 Å². The zero-order chi connectivity index (χ0) is 23.1. The average Bonchev–Trinajstić information content (AvgIpc) is 3.39. The maximum absolute atomic E-state index is 10.1. The lowest BCUT2D eigenvalue weighted by Crippen LogP contribution is -2.07. The zero-order valence-electron chi connectivity index (χ0n) is 18.6. The van der Waals surface area contributed by atoms with E-state index in [0.717, 1.165) is 51.6 Å². The summed E-state index contributed by atoms with van der Waals surface area (Å²) in [7, 11) is 0. The highest BCUT2D eigenvalue weighted by Crippen LogP contribution is 2.32. The highest BCUT2D eigenvalue weighted by Gasteiger charge is 2.37. The van der Waals surface area contributed by atoms with E-state index >= 15 is 0 Å². The van der Waals surface area contributed by atoms with Crippen LogP contribution in [0.25, 0.3) is 33.2 Å². The number of benzene rings is 3. The topological polar surface area (TPSA) is 111 Å². The molecular formula is C26H24N6O2. The first-order chi connectivity index (χ1) is 16.7. The standard InChI is InChI=1S/C26H24N6O2/c1-2-4-23-26(34-23)29-17-6-3-5-15(11-17)24-30-22-10-8-19(33)13-20(22)25(31-24)28-18-7-9-21-16(12-18)14-27-32-21/h3,5-14,23,26,29,33H,2,4H2,1H3,(H,27,32)(H,28,30,31). The molecular weight excluding hydrogens is 428 g/mol. The number of fused-ring (bicyclic) bond motifs is 2. The molecule has 1 aliphatic rings. The molecule has 8 nitrogen and oxygen atoms in total. The van der Waals surface area contributed by atoms with E-state index < -0.39 is 0 Å². The highest BCUT2D eigenvalue weighted by atomic mass is 16.6. The number of hydrogen-bond donors (Lipinski definition) is 4. The molecule has 8 heteroatoms. The Hall–Kier alpha value is -4.17. The van der Waals surface area contributed by atoms with Crippen LogP contribution in [0.3, 0.4) is 0 Å². The van der Waals surface area contributed by atoms with Gasteiger partial charge in [-0.3, -0.25) is 5.10 Å². The number of anilines is 3. The molecule has 1 fully saturated rings. The molecule has 1 aliphatic heterocycles. The Labute approximate surface area is 196 Å². The molecule has 0 radical (unpaired) electrons. The third-order valence-electron chi connectivity index (χ3n) is 5.97. The van der Waals surface area contributed by atoms with Crippen molar-refractivity contribution in [3.05, 3.63) is 66.9 Å². The second-order valence-electron chi connectivity index (χ2n) is 8.50. The van der Waals surface area contributed by atoms with Gasteiger partial charge < -0.3 is 20.5 Å². The van der Waals surface area contributed by atoms with Crippen LogP contribution in [0.15, 0.2) is 66.9 Å². The van der Waals surface area contributed by atoms with Gasteiger partial charge in [-0.15, -0.1) is 0 Å². The number of rotatable bonds is 7. The van der Waals surface area contributed by atoms with Crippen molar-refractivity contribution in [1.82, 2.24) is 20.2 Å². The molecule has 1 saturated heterocycles. The predicted octanol–water partition coefficient (Wildman–Crippen LogP) is 5.56. The first kappa shape index (κ1) is 20.4. The van der Waals surface area contributed by atoms with Gasteiger partial charge >= 0.3 is 0 Å². The average molecular weight is 453 g/mol. The maximum Gasteiger partial charge on any atom is 0.162 e. The van der Waals surface area contributed by atoms with E-state index in [0.29, 0.717) is 11.6 Å². The summed E-state index contributed by atoms with van der Waals surface area (Å²) < 4.78 is 5.70. The molecule has 4 N–H and O–H groups in total. The smallest absolute Gasteiger partial charge is 0.162 e. The van der Waals surface area contributed by atoms with Crippen LogP contribution in [0.2, 0.25) is 0 Å². The monoisotopic (exact) mass is 452 g/mol. The van der Waals surface area contributed by atoms with Gasteiger partial charge in [-0.05, 0) is 55.0 Å². The van der Waals surface area contributed by atoms with E-state index in [9.17, 15) is 5.11 Å². The van der Waals surface area contributed by atoms with Crippen LogP contribution in [0.1, 0.15) is 19.8 Å². The molecule has 0 aliphatic carbocycles. The second-order valence-corrected chi connectivity index (χ2v) is 8.50. The van der Waals surface area contributed by atoms with Gasteiger partial charge in [-0.1, -0.05) is 25.5 Å². The molecule has 0 bridgehead atoms. The first-order valence-electron chi connectivity index (χ1n) is 11.4. The third-order valence-corrected chi connectivity index (χ3v) is 5.97. The summed E-state index contributed by atoms with van der Waals surface area (Å²) in [5.74, 6) is 1.37. The predicted molar refractivity (Wildman–Crippen MR) is 133 cm³/mol. The Morgan fingerprint density at radius 3 is 2.88 bits per heavy atom. The number of nitrogens with one attached hydrogen (secondary N) is 3. The van der Waals surface area contributed by atoms with E-state index in [1.165, 1.54) is 0 Å². The van der Waals surface area contributed by atoms with E-state index in [1.807, 2.05) is 42.5 Å². The number of epoxide rings is 1. The fourth-order valence-corrected chi connectivity index (χ4v) is 4.18. The van der Waals surface area contributed by atoms with Gasteiger partial charge in [0.05, 0.1) is 17.2 Å². The highest BCUT2D eigenvalue weighted by molar-refractivity contribution is 5.94. The second kappa shape index (κ2) is 8.31. The lowest BCUT2D eigenvalue weighted by Gasteiger charge is -2.12. The number of phenols is 1. The van der Waals surface area contributed by atoms with Crippen molar-refractivity contribution in [3.8, 4) is 17.1 Å². The summed E-state index contributed by atoms with van der Waals surface area (Å²) in [5, 5.41) is 25.7. The number of ether oxygens (including phenoxy) is 1. The van der Waals surface area contributed by atoms with E-state index in [1.54, 1.807) is 24.4 Å². The van der Waals surface area contributed by atoms with Crippen molar-refractivity contribution in [3.63, 3.8) is 0 Å². The molecule has 2 aromatic heterocycles. The van der Waals surface area contributed by atoms with Crippen LogP contribution in [-0.4, -0.2) is 37.6 Å². The summed E-state index contributed by atoms with van der Waals surface area (Å²) in [5.41, 5.74) is 4.42. The Morgan fingerprint density at radius 2 is 1.97 bits per heavy atom. The van der Waals surface area contributed by atoms with Gasteiger partial charge in [0.15, 0.2) is 12.1 Å². The summed E-state index contributed by atoms with van der Waals surface area (Å²) >= 11 is 0. The molecule has 0 spiro atoms. The van der Waals surface area contributed by atoms with Crippen LogP contribution in [0.4, 0.5) is 17.2 Å². The van der Waals surface area contributed by atoms with Crippen LogP contribution in [-0.2, 0) is 4.74 Å². The van der Waals surface area contributed by atoms with Gasteiger partial charge in [0, 0.05) is 27.7 Å². The Balaban J connectivity index is 1.36. The lowest BCUT2D eigenvalue weighted by molar-refractivity contribution is 0.372. The summed E-state index contributed by atoms with van der Waals surface area (Å²) in [4.78, 5) is 9.61. The molecule has 2 unspecified atom stereocenters. The SMILES string of the molecule is CCCC1OC1Nc1cccc(-c2nc(Nc3ccc4[nH]ncc4c3)c3cc(O)ccc3n2)c1. The minimum atomic E-state index is 0.0609. The number of phenolic OH excluding ortho intramolecular Hbond substituents is 1. The molecule has 34 heavy (non-hydrogen) atoms. The molecule has 0 amide bonds. The van der Waals surface area contributed by atoms with Gasteiger partial charge in [-0.25, -0.2) is 9.97 Å². The van der Waals surface area contributed by atoms with Gasteiger partial charge in [-0.2, -0.15) is 5.10 Å². The Bertz CT molecular complexity index is 1500. The molecule has 6 rings (SSSR count). The Kier molecular flexibility index (Phi) is 5.00. The van der Waals surface area contributed by atoms with Gasteiger partial charge in [0.2, 0.25) is 0 Å². The van der Waals surface area contributed by atoms with Crippen LogP contribution in [0, 0.1) is 0 Å². The quantitative estimate of drug-likeness (QED) is 0.239. The van der Waals surface area contributed by atoms with E-state index in [-0.39, 0.29) is 18.1 Å². The number of H-pyrrole nitrogens is 1. The number of aromatic amines is 1. The van der Waals surface area contributed by atoms with Crippen molar-refractivity contribution < 1.29 is 9.84 Å². The van der Waals surface area contributed by atoms with E-state index in [4.69, 9.17) is 14.7 Å². The summed E-state index contributed by atoms with van der Waals surface area (Å²) in [6, 6.07) is 19.1. The molecule has 2 atom stereocenters. The van der Waals surface area contributed by atoms with Crippen molar-refractivity contribution in [2.45, 2.75) is 32.1 Å². The molecule has 3 aromatic carbocycles. The molecule has 0 saturated carbocycles. The fraction of sp³-hybridized carbons (Fsp3) is 0.192. The first-order valence-corrected chi connectivity index (χ1v) is 11.4. The molecule has 170 valence electrons. The van der Waals surface area contributed by atoms with Gasteiger partial charge in [0.1, 0.15) is 17.7 Å². The molecule has 5 aromatic rings. The van der Waals surface area contributed by atoms with Crippen molar-refractivity contribution in [2.24, 2.45) is 0 Å². The van der Waals surface area contributed by atoms with Crippen LogP contribution >= 0.6 is 0 Å². The minimum absolute atomic E-state index is 0.0609. The van der Waals surface area contributed by atoms with Crippen molar-refractivity contribution >= 4 is 39.0 Å². The van der Waals surface area contributed by atoms with Gasteiger partial charge in [0.25, 0.3) is 0 Å². The minimum Gasteiger partial charge on any atom is -0.508 e. The zero-order valence-corrected chi connectivity index (χ0v) is 18.6. The third kappa shape index (κ3) is 3.99. The van der Waals surface area contributed by atoms with Crippen molar-refractivity contribution in [2.75, 3.05) is 10.6 Å². The lowest BCUT2D eigenvalue weighted by atomic mass is 10.1. The number of aromatic nitrogens is 4. The number of hydrogen-bond acceptors (Lipinski definition) is 7. The Morgan fingerprint density at radius 1 is 1.03 bits per heavy atom. The summed E-state index contributed by atoms with van der Waals surface area (Å²) in [6.45, 7) is 2.16. The summed E-state index contributed by atoms with van der Waals surface area (Å²) in [6.07, 6.45) is 4.28. The number of aromatic hydroxyl groups is 1. The van der Waals surface area contributed by atoms with Crippen molar-refractivity contribution in [1.29, 1.82) is 0 Å². The maximum atomic E-state index is 10.1. The number of nitrogens with zero attached hydrogens (tertiary/aromatic N) is 3. The fourth-order valence-electron chi connectivity index (χ4n) is 4.18. The normalized spacial score (nSPS) is 17.2. The van der Waals surface area contributed by atoms with Crippen LogP contribution < -0.4 is 10.6 Å².